The van der Waals surface area contributed by atoms with Gasteiger partial charge in [0.15, 0.2) is 5.82 Å². The fourth-order valence-electron chi connectivity index (χ4n) is 0.681. The minimum absolute atomic E-state index is 0.0972. The first kappa shape index (κ1) is 7.33. The second kappa shape index (κ2) is 2.87. The Kier molecular flexibility index (Phi) is 1.91. The smallest absolute Gasteiger partial charge is 0.274 e. The summed E-state index contributed by atoms with van der Waals surface area (Å²) in [5.41, 5.74) is 5.32. The Balaban J connectivity index is 2.86. The van der Waals surface area contributed by atoms with Crippen LogP contribution in [0.3, 0.4) is 0 Å². The van der Waals surface area contributed by atoms with Crippen LogP contribution < -0.4 is 5.73 Å². The van der Waals surface area contributed by atoms with Crippen molar-refractivity contribution >= 4 is 5.82 Å². The van der Waals surface area contributed by atoms with Gasteiger partial charge in [-0.1, -0.05) is 0 Å². The van der Waals surface area contributed by atoms with E-state index in [1.165, 1.54) is 4.57 Å². The molecular weight excluding hydrogens is 146 g/mol. The standard InChI is InChI=1S/C6H7N3O2/c7-6(5-9(10)11)8-3-1-2-4-8/h1-5H,7H2. The topological polar surface area (TPSA) is 74.1 Å². The quantitative estimate of drug-likeness (QED) is 0.496. The number of hydrogen-bond donors (Lipinski definition) is 1. The second-order valence-electron chi connectivity index (χ2n) is 1.93. The van der Waals surface area contributed by atoms with E-state index in [9.17, 15) is 10.1 Å². The third-order valence-electron chi connectivity index (χ3n) is 1.14. The van der Waals surface area contributed by atoms with E-state index in [1.807, 2.05) is 0 Å². The van der Waals surface area contributed by atoms with Crippen LogP contribution in [-0.2, 0) is 0 Å². The number of nitro groups is 1. The largest absolute Gasteiger partial charge is 0.380 e. The summed E-state index contributed by atoms with van der Waals surface area (Å²) in [6, 6.07) is 3.47. The maximum atomic E-state index is 9.94. The van der Waals surface area contributed by atoms with Crippen molar-refractivity contribution in [2.45, 2.75) is 0 Å². The summed E-state index contributed by atoms with van der Waals surface area (Å²) in [6.45, 7) is 0. The van der Waals surface area contributed by atoms with Crippen molar-refractivity contribution in [2.24, 2.45) is 5.73 Å². The summed E-state index contributed by atoms with van der Waals surface area (Å²) < 4.78 is 1.46. The van der Waals surface area contributed by atoms with Crippen molar-refractivity contribution < 1.29 is 4.92 Å². The van der Waals surface area contributed by atoms with Gasteiger partial charge in [-0.25, -0.2) is 0 Å². The van der Waals surface area contributed by atoms with Crippen molar-refractivity contribution in [1.82, 2.24) is 4.57 Å². The fourth-order valence-corrected chi connectivity index (χ4v) is 0.681. The first-order valence-electron chi connectivity index (χ1n) is 2.94. The van der Waals surface area contributed by atoms with Gasteiger partial charge < -0.3 is 10.3 Å². The third kappa shape index (κ3) is 1.82. The molecule has 1 rings (SSSR count). The maximum Gasteiger partial charge on any atom is 0.274 e. The van der Waals surface area contributed by atoms with Crippen molar-refractivity contribution in [2.75, 3.05) is 0 Å². The van der Waals surface area contributed by atoms with Crippen LogP contribution in [-0.4, -0.2) is 9.49 Å². The minimum Gasteiger partial charge on any atom is -0.380 e. The van der Waals surface area contributed by atoms with Crippen LogP contribution in [0.1, 0.15) is 0 Å². The second-order valence-corrected chi connectivity index (χ2v) is 1.93. The van der Waals surface area contributed by atoms with Gasteiger partial charge in [0.05, 0.1) is 4.92 Å². The van der Waals surface area contributed by atoms with Gasteiger partial charge >= 0.3 is 0 Å². The molecule has 1 aromatic heterocycles. The zero-order valence-electron chi connectivity index (χ0n) is 5.68. The molecule has 0 fully saturated rings. The van der Waals surface area contributed by atoms with E-state index < -0.39 is 4.92 Å². The van der Waals surface area contributed by atoms with Crippen LogP contribution in [0.25, 0.3) is 5.82 Å². The lowest BCUT2D eigenvalue weighted by molar-refractivity contribution is -0.401. The molecule has 0 unspecified atom stereocenters. The lowest BCUT2D eigenvalue weighted by atomic mass is 10.7. The molecule has 0 spiro atoms. The molecule has 0 radical (unpaired) electrons. The predicted molar refractivity (Wildman–Crippen MR) is 39.9 cm³/mol. The van der Waals surface area contributed by atoms with Crippen molar-refractivity contribution in [3.8, 4) is 0 Å². The molecule has 0 amide bonds. The summed E-state index contributed by atoms with van der Waals surface area (Å²) in [5.74, 6) is 0.0972. The summed E-state index contributed by atoms with van der Waals surface area (Å²) >= 11 is 0. The highest BCUT2D eigenvalue weighted by Gasteiger charge is 1.96. The molecule has 0 saturated heterocycles. The highest BCUT2D eigenvalue weighted by molar-refractivity contribution is 5.38. The Morgan fingerprint density at radius 1 is 1.55 bits per heavy atom. The number of nitrogens with zero attached hydrogens (tertiary/aromatic N) is 2. The monoisotopic (exact) mass is 153 g/mol. The highest BCUT2D eigenvalue weighted by atomic mass is 16.6. The lowest BCUT2D eigenvalue weighted by Gasteiger charge is -1.96. The average molecular weight is 153 g/mol. The van der Waals surface area contributed by atoms with E-state index in [4.69, 9.17) is 5.73 Å². The normalized spacial score (nSPS) is 11.5. The summed E-state index contributed by atoms with van der Waals surface area (Å²) in [7, 11) is 0. The minimum atomic E-state index is -0.588. The summed E-state index contributed by atoms with van der Waals surface area (Å²) in [5, 5.41) is 9.94. The summed E-state index contributed by atoms with van der Waals surface area (Å²) in [4.78, 5) is 9.35. The van der Waals surface area contributed by atoms with Gasteiger partial charge in [0.25, 0.3) is 6.20 Å². The van der Waals surface area contributed by atoms with Gasteiger partial charge in [0.2, 0.25) is 0 Å². The first-order valence-corrected chi connectivity index (χ1v) is 2.94. The van der Waals surface area contributed by atoms with Crippen LogP contribution in [0.5, 0.6) is 0 Å². The molecule has 0 aliphatic rings. The fraction of sp³-hybridized carbons (Fsp3) is 0. The van der Waals surface area contributed by atoms with Gasteiger partial charge in [-0.15, -0.1) is 0 Å². The average Bonchev–Trinajstić information content (AvgIpc) is 2.35. The Morgan fingerprint density at radius 2 is 2.09 bits per heavy atom. The van der Waals surface area contributed by atoms with Gasteiger partial charge in [0, 0.05) is 12.4 Å². The van der Waals surface area contributed by atoms with Crippen molar-refractivity contribution in [1.29, 1.82) is 0 Å². The maximum absolute atomic E-state index is 9.94. The predicted octanol–water partition coefficient (Wildman–Crippen LogP) is 0.479. The molecule has 58 valence electrons. The lowest BCUT2D eigenvalue weighted by Crippen LogP contribution is -2.05. The van der Waals surface area contributed by atoms with E-state index >= 15 is 0 Å². The van der Waals surface area contributed by atoms with E-state index in [2.05, 4.69) is 0 Å². The molecule has 0 atom stereocenters. The molecule has 0 aliphatic carbocycles. The molecule has 1 aromatic rings. The highest BCUT2D eigenvalue weighted by Crippen LogP contribution is 1.96. The van der Waals surface area contributed by atoms with Gasteiger partial charge in [-0.3, -0.25) is 10.1 Å². The zero-order chi connectivity index (χ0) is 8.27. The van der Waals surface area contributed by atoms with E-state index in [1.54, 1.807) is 24.5 Å². The molecule has 0 aromatic carbocycles. The number of aromatic nitrogens is 1. The number of nitrogens with two attached hydrogens (primary N) is 1. The van der Waals surface area contributed by atoms with Crippen LogP contribution in [0.4, 0.5) is 0 Å². The molecule has 5 heteroatoms. The molecule has 2 N–H and O–H groups in total. The Bertz CT molecular complexity index is 276. The van der Waals surface area contributed by atoms with E-state index in [-0.39, 0.29) is 5.82 Å². The van der Waals surface area contributed by atoms with Crippen molar-refractivity contribution in [3.63, 3.8) is 0 Å². The molecular formula is C6H7N3O2. The van der Waals surface area contributed by atoms with Crippen LogP contribution in [0, 0.1) is 10.1 Å². The molecule has 11 heavy (non-hydrogen) atoms. The zero-order valence-corrected chi connectivity index (χ0v) is 5.68. The van der Waals surface area contributed by atoms with Gasteiger partial charge in [0.1, 0.15) is 0 Å². The Hall–Kier alpha value is -1.78. The molecule has 1 heterocycles. The molecule has 0 bridgehead atoms. The van der Waals surface area contributed by atoms with Crippen LogP contribution in [0.2, 0.25) is 0 Å². The van der Waals surface area contributed by atoms with Gasteiger partial charge in [-0.2, -0.15) is 0 Å². The number of hydrogen-bond acceptors (Lipinski definition) is 3. The first-order chi connectivity index (χ1) is 5.20. The van der Waals surface area contributed by atoms with Gasteiger partial charge in [-0.05, 0) is 12.1 Å². The molecule has 0 aliphatic heterocycles. The molecule has 0 saturated carbocycles. The Morgan fingerprint density at radius 3 is 2.55 bits per heavy atom. The summed E-state index contributed by atoms with van der Waals surface area (Å²) in [6.07, 6.45) is 4.02. The van der Waals surface area contributed by atoms with Crippen molar-refractivity contribution in [3.05, 3.63) is 40.8 Å². The van der Waals surface area contributed by atoms with Crippen LogP contribution in [0.15, 0.2) is 30.7 Å². The number of rotatable bonds is 2. The van der Waals surface area contributed by atoms with E-state index in [0.717, 1.165) is 6.20 Å². The molecule has 5 nitrogen and oxygen atoms in total. The van der Waals surface area contributed by atoms with E-state index in [0.29, 0.717) is 0 Å². The Labute approximate surface area is 62.9 Å². The third-order valence-corrected chi connectivity index (χ3v) is 1.14. The SMILES string of the molecule is NC(=C[N+](=O)[O-])n1cccc1. The van der Waals surface area contributed by atoms with Crippen LogP contribution >= 0.6 is 0 Å².